The van der Waals surface area contributed by atoms with Gasteiger partial charge in [0.1, 0.15) is 11.9 Å². The summed E-state index contributed by atoms with van der Waals surface area (Å²) in [5.74, 6) is -0.886. The molecule has 0 aliphatic carbocycles. The van der Waals surface area contributed by atoms with Crippen LogP contribution in [0.15, 0.2) is 16.9 Å². The molecule has 0 saturated heterocycles. The minimum absolute atomic E-state index is 0.0149. The summed E-state index contributed by atoms with van der Waals surface area (Å²) in [4.78, 5) is 11.8. The van der Waals surface area contributed by atoms with E-state index in [4.69, 9.17) is 17.5 Å². The van der Waals surface area contributed by atoms with E-state index in [1.54, 1.807) is 6.07 Å². The second-order valence-corrected chi connectivity index (χ2v) is 6.54. The maximum atomic E-state index is 14.1. The molecule has 1 aromatic heterocycles. The molecule has 0 radical (unpaired) electrons. The summed E-state index contributed by atoms with van der Waals surface area (Å²) in [5.41, 5.74) is -1.32. The summed E-state index contributed by atoms with van der Waals surface area (Å²) < 4.78 is 41.0. The second-order valence-electron chi connectivity index (χ2n) is 4.43. The fourth-order valence-corrected chi connectivity index (χ4v) is 2.60. The predicted molar refractivity (Wildman–Crippen MR) is 79.3 cm³/mol. The Balaban J connectivity index is 2.79. The number of anilines is 1. The Morgan fingerprint density at radius 2 is 2.09 bits per heavy atom. The van der Waals surface area contributed by atoms with Crippen molar-refractivity contribution in [1.29, 1.82) is 5.26 Å². The summed E-state index contributed by atoms with van der Waals surface area (Å²) in [6.45, 7) is 0. The molecule has 0 bridgehead atoms. The van der Waals surface area contributed by atoms with Gasteiger partial charge in [0.15, 0.2) is 0 Å². The van der Waals surface area contributed by atoms with Crippen molar-refractivity contribution in [2.45, 2.75) is 0 Å². The fraction of sp³-hybridized carbons (Fsp3) is 0.182. The first kappa shape index (κ1) is 15.9. The lowest BCUT2D eigenvalue weighted by Crippen LogP contribution is -2.18. The maximum Gasteiger partial charge on any atom is 0.347 e. The molecule has 2 N–H and O–H groups in total. The molecule has 2 rings (SSSR count). The number of nitriles is 1. The molecule has 0 amide bonds. The number of H-pyrrole nitrogens is 1. The molecular weight excluding hydrogens is 333 g/mol. The van der Waals surface area contributed by atoms with Crippen LogP contribution in [0.1, 0.15) is 5.56 Å². The number of benzene rings is 1. The number of rotatable bonds is 3. The average Bonchev–Trinajstić information content (AvgIpc) is 2.64. The molecule has 0 saturated carbocycles. The van der Waals surface area contributed by atoms with Crippen LogP contribution in [0.3, 0.4) is 0 Å². The Morgan fingerprint density at radius 1 is 1.45 bits per heavy atom. The van der Waals surface area contributed by atoms with Crippen molar-refractivity contribution >= 4 is 27.9 Å². The number of aromatic amines is 1. The highest BCUT2D eigenvalue weighted by Gasteiger charge is 2.17. The van der Waals surface area contributed by atoms with Gasteiger partial charge in [-0.1, -0.05) is 0 Å². The van der Waals surface area contributed by atoms with Gasteiger partial charge in [0.2, 0.25) is 14.8 Å². The van der Waals surface area contributed by atoms with E-state index in [1.807, 2.05) is 0 Å². The topological polar surface area (TPSA) is 113 Å². The zero-order valence-electron chi connectivity index (χ0n) is 11.4. The van der Waals surface area contributed by atoms with Gasteiger partial charge in [-0.2, -0.15) is 5.26 Å². The summed E-state index contributed by atoms with van der Waals surface area (Å²) in [6, 6.07) is 3.55. The Hall–Kier alpha value is -2.45. The largest absolute Gasteiger partial charge is 0.347 e. The molecule has 0 unspecified atom stereocenters. The molecule has 0 aliphatic rings. The van der Waals surface area contributed by atoms with Crippen LogP contribution in [0.5, 0.6) is 0 Å². The first-order valence-corrected chi connectivity index (χ1v) is 8.04. The van der Waals surface area contributed by atoms with Crippen molar-refractivity contribution in [1.82, 2.24) is 14.3 Å². The zero-order chi connectivity index (χ0) is 16.7. The highest BCUT2D eigenvalue weighted by atomic mass is 32.2. The van der Waals surface area contributed by atoms with Crippen molar-refractivity contribution in [3.8, 4) is 11.8 Å². The lowest BCUT2D eigenvalue weighted by atomic mass is 10.1. The van der Waals surface area contributed by atoms with Gasteiger partial charge >= 0.3 is 5.69 Å². The predicted octanol–water partition coefficient (Wildman–Crippen LogP) is 0.616. The van der Waals surface area contributed by atoms with E-state index in [0.29, 0.717) is 0 Å². The number of sulfonamides is 1. The average molecular weight is 343 g/mol. The van der Waals surface area contributed by atoms with Gasteiger partial charge in [0.25, 0.3) is 0 Å². The van der Waals surface area contributed by atoms with Crippen LogP contribution in [0.25, 0.3) is 5.69 Å². The van der Waals surface area contributed by atoms with Crippen LogP contribution in [-0.2, 0) is 17.1 Å². The van der Waals surface area contributed by atoms with E-state index in [9.17, 15) is 17.6 Å². The van der Waals surface area contributed by atoms with Gasteiger partial charge in [0, 0.05) is 7.05 Å². The quantitative estimate of drug-likeness (QED) is 0.793. The van der Waals surface area contributed by atoms with E-state index in [2.05, 4.69) is 9.82 Å². The van der Waals surface area contributed by atoms with Gasteiger partial charge in [-0.15, -0.1) is 0 Å². The highest BCUT2D eigenvalue weighted by Crippen LogP contribution is 2.23. The number of nitrogens with one attached hydrogen (secondary N) is 2. The molecule has 0 atom stereocenters. The monoisotopic (exact) mass is 343 g/mol. The normalized spacial score (nSPS) is 11.2. The molecule has 2 aromatic rings. The first-order valence-electron chi connectivity index (χ1n) is 5.74. The number of aromatic nitrogens is 3. The van der Waals surface area contributed by atoms with E-state index in [0.717, 1.165) is 23.0 Å². The summed E-state index contributed by atoms with van der Waals surface area (Å²) in [5, 5.41) is 11.3. The zero-order valence-corrected chi connectivity index (χ0v) is 13.0. The summed E-state index contributed by atoms with van der Waals surface area (Å²) >= 11 is 4.99. The standard InChI is InChI=1S/C11H10FN5O3S2/c1-16-11(21)17(10(18)14-16)9-4-8(15-22(2,19)20)6(5-13)3-7(9)12/h3-4,15H,1-2H3,(H,14,18). The number of nitrogens with zero attached hydrogens (tertiary/aromatic N) is 3. The molecule has 22 heavy (non-hydrogen) atoms. The highest BCUT2D eigenvalue weighted by molar-refractivity contribution is 7.92. The molecule has 8 nitrogen and oxygen atoms in total. The third kappa shape index (κ3) is 2.92. The van der Waals surface area contributed by atoms with Crippen molar-refractivity contribution in [3.63, 3.8) is 0 Å². The van der Waals surface area contributed by atoms with Gasteiger partial charge in [0.05, 0.1) is 23.2 Å². The van der Waals surface area contributed by atoms with Crippen LogP contribution in [0.2, 0.25) is 0 Å². The minimum Gasteiger partial charge on any atom is -0.282 e. The van der Waals surface area contributed by atoms with Crippen LogP contribution in [0.4, 0.5) is 10.1 Å². The molecule has 11 heteroatoms. The minimum atomic E-state index is -3.69. The lowest BCUT2D eigenvalue weighted by molar-refractivity contribution is 0.606. The Labute approximate surface area is 129 Å². The number of hydrogen-bond acceptors (Lipinski definition) is 5. The van der Waals surface area contributed by atoms with Crippen LogP contribution in [-0.4, -0.2) is 29.0 Å². The van der Waals surface area contributed by atoms with E-state index in [-0.39, 0.29) is 21.7 Å². The Kier molecular flexibility index (Phi) is 3.90. The molecule has 1 aromatic carbocycles. The van der Waals surface area contributed by atoms with Gasteiger partial charge in [-0.05, 0) is 24.4 Å². The van der Waals surface area contributed by atoms with Gasteiger partial charge < -0.3 is 0 Å². The Bertz CT molecular complexity index is 1010. The smallest absolute Gasteiger partial charge is 0.282 e. The molecular formula is C11H10FN5O3S2. The van der Waals surface area contributed by atoms with E-state index >= 15 is 0 Å². The van der Waals surface area contributed by atoms with Gasteiger partial charge in [-0.25, -0.2) is 27.3 Å². The summed E-state index contributed by atoms with van der Waals surface area (Å²) in [6.07, 6.45) is 0.887. The number of hydrogen-bond donors (Lipinski definition) is 2. The lowest BCUT2D eigenvalue weighted by Gasteiger charge is -2.10. The Morgan fingerprint density at radius 3 is 2.55 bits per heavy atom. The van der Waals surface area contributed by atoms with Crippen molar-refractivity contribution in [2.75, 3.05) is 11.0 Å². The third-order valence-electron chi connectivity index (χ3n) is 2.69. The molecule has 1 heterocycles. The molecule has 0 fully saturated rings. The molecule has 0 spiro atoms. The summed E-state index contributed by atoms with van der Waals surface area (Å²) in [7, 11) is -2.22. The molecule has 0 aliphatic heterocycles. The van der Waals surface area contributed by atoms with E-state index in [1.165, 1.54) is 11.7 Å². The van der Waals surface area contributed by atoms with Crippen LogP contribution >= 0.6 is 12.2 Å². The molecule has 116 valence electrons. The van der Waals surface area contributed by atoms with Crippen LogP contribution in [0, 0.1) is 21.9 Å². The second kappa shape index (κ2) is 5.39. The maximum absolute atomic E-state index is 14.1. The van der Waals surface area contributed by atoms with Crippen molar-refractivity contribution in [2.24, 2.45) is 7.05 Å². The van der Waals surface area contributed by atoms with Crippen molar-refractivity contribution in [3.05, 3.63) is 38.8 Å². The third-order valence-corrected chi connectivity index (χ3v) is 3.74. The first-order chi connectivity index (χ1) is 10.1. The number of aryl methyl sites for hydroxylation is 1. The van der Waals surface area contributed by atoms with Gasteiger partial charge in [-0.3, -0.25) is 9.40 Å². The van der Waals surface area contributed by atoms with Crippen LogP contribution < -0.4 is 10.4 Å². The van der Waals surface area contributed by atoms with E-state index < -0.39 is 21.5 Å². The fourth-order valence-electron chi connectivity index (χ4n) is 1.80. The number of halogens is 1. The SMILES string of the molecule is Cn1[nH]c(=O)n(-c2cc(NS(C)(=O)=O)c(C#N)cc2F)c1=S. The van der Waals surface area contributed by atoms with Crippen molar-refractivity contribution < 1.29 is 12.8 Å².